The first kappa shape index (κ1) is 22.2. The van der Waals surface area contributed by atoms with Gasteiger partial charge in [-0.25, -0.2) is 4.98 Å². The van der Waals surface area contributed by atoms with E-state index in [-0.39, 0.29) is 36.1 Å². The minimum absolute atomic E-state index is 0.0944. The lowest BCUT2D eigenvalue weighted by molar-refractivity contribution is -0.135. The van der Waals surface area contributed by atoms with Crippen LogP contribution in [-0.4, -0.2) is 67.5 Å². The normalized spacial score (nSPS) is 20.3. The van der Waals surface area contributed by atoms with Crippen molar-refractivity contribution in [3.63, 3.8) is 0 Å². The molecule has 1 aromatic carbocycles. The summed E-state index contributed by atoms with van der Waals surface area (Å²) in [5.41, 5.74) is 0.803. The van der Waals surface area contributed by atoms with Crippen molar-refractivity contribution in [2.24, 2.45) is 5.92 Å². The smallest absolute Gasteiger partial charge is 0.280 e. The molecule has 2 atom stereocenters. The van der Waals surface area contributed by atoms with Gasteiger partial charge in [-0.1, -0.05) is 18.6 Å². The zero-order chi connectivity index (χ0) is 21.5. The molecule has 162 valence electrons. The van der Waals surface area contributed by atoms with Crippen LogP contribution in [0.2, 0.25) is 0 Å². The maximum Gasteiger partial charge on any atom is 0.280 e. The average Bonchev–Trinajstić information content (AvgIpc) is 3.18. The predicted octanol–water partition coefficient (Wildman–Crippen LogP) is 1.81. The van der Waals surface area contributed by atoms with E-state index in [1.165, 1.54) is 11.3 Å². The highest BCUT2D eigenvalue weighted by molar-refractivity contribution is 7.20. The standard InChI is InChI=1S/C21H28N4O4S/c1-25-13-15(23-20(28)21-24-16-8-3-4-9-17(16)30-21)7-5-6-14(12-18(25)26)19(27)22-10-11-29-2/h3-4,8-9,14-15H,5-7,10-13H2,1-2H3,(H,22,27)(H,23,28)/t14-,15-/m1/s1. The van der Waals surface area contributed by atoms with Crippen LogP contribution in [0.1, 0.15) is 35.5 Å². The molecule has 8 nitrogen and oxygen atoms in total. The van der Waals surface area contributed by atoms with E-state index in [9.17, 15) is 14.4 Å². The number of amides is 3. The topological polar surface area (TPSA) is 101 Å². The number of hydrogen-bond acceptors (Lipinski definition) is 6. The highest BCUT2D eigenvalue weighted by Gasteiger charge is 2.28. The number of fused-ring (bicyclic) bond motifs is 1. The second kappa shape index (κ2) is 10.5. The van der Waals surface area contributed by atoms with Crippen molar-refractivity contribution in [1.29, 1.82) is 0 Å². The number of ether oxygens (including phenoxy) is 1. The summed E-state index contributed by atoms with van der Waals surface area (Å²) in [6.07, 6.45) is 2.21. The molecule has 0 aliphatic carbocycles. The molecule has 1 fully saturated rings. The minimum Gasteiger partial charge on any atom is -0.383 e. The molecular weight excluding hydrogens is 404 g/mol. The third kappa shape index (κ3) is 5.76. The van der Waals surface area contributed by atoms with Crippen LogP contribution in [0.15, 0.2) is 24.3 Å². The maximum absolute atomic E-state index is 12.7. The molecule has 1 aliphatic rings. The molecule has 1 aromatic heterocycles. The Labute approximate surface area is 180 Å². The molecule has 3 amide bonds. The van der Waals surface area contributed by atoms with E-state index in [4.69, 9.17) is 4.74 Å². The average molecular weight is 433 g/mol. The van der Waals surface area contributed by atoms with Crippen LogP contribution in [0.3, 0.4) is 0 Å². The molecule has 30 heavy (non-hydrogen) atoms. The monoisotopic (exact) mass is 432 g/mol. The largest absolute Gasteiger partial charge is 0.383 e. The predicted molar refractivity (Wildman–Crippen MR) is 115 cm³/mol. The third-order valence-corrected chi connectivity index (χ3v) is 6.28. The number of aromatic nitrogens is 1. The molecular formula is C21H28N4O4S. The van der Waals surface area contributed by atoms with Crippen LogP contribution in [0, 0.1) is 5.92 Å². The maximum atomic E-state index is 12.7. The second-order valence-electron chi connectivity index (χ2n) is 7.55. The van der Waals surface area contributed by atoms with Gasteiger partial charge in [0.15, 0.2) is 5.01 Å². The highest BCUT2D eigenvalue weighted by atomic mass is 32.1. The summed E-state index contributed by atoms with van der Waals surface area (Å²) >= 11 is 1.36. The zero-order valence-electron chi connectivity index (χ0n) is 17.3. The lowest BCUT2D eigenvalue weighted by atomic mass is 9.96. The van der Waals surface area contributed by atoms with Crippen molar-refractivity contribution in [2.45, 2.75) is 31.7 Å². The number of methoxy groups -OCH3 is 1. The van der Waals surface area contributed by atoms with Crippen molar-refractivity contribution in [3.05, 3.63) is 29.3 Å². The van der Waals surface area contributed by atoms with Gasteiger partial charge in [0, 0.05) is 45.6 Å². The van der Waals surface area contributed by atoms with Gasteiger partial charge in [-0.15, -0.1) is 11.3 Å². The van der Waals surface area contributed by atoms with Crippen LogP contribution in [-0.2, 0) is 14.3 Å². The van der Waals surface area contributed by atoms with E-state index >= 15 is 0 Å². The number of nitrogens with zero attached hydrogens (tertiary/aromatic N) is 2. The Kier molecular flexibility index (Phi) is 7.75. The Morgan fingerprint density at radius 3 is 2.87 bits per heavy atom. The van der Waals surface area contributed by atoms with Gasteiger partial charge < -0.3 is 20.3 Å². The van der Waals surface area contributed by atoms with E-state index in [0.717, 1.165) is 16.6 Å². The van der Waals surface area contributed by atoms with Crippen molar-refractivity contribution >= 4 is 39.3 Å². The summed E-state index contributed by atoms with van der Waals surface area (Å²) in [4.78, 5) is 43.7. The van der Waals surface area contributed by atoms with E-state index in [1.54, 1.807) is 19.1 Å². The van der Waals surface area contributed by atoms with Crippen molar-refractivity contribution in [3.8, 4) is 0 Å². The van der Waals surface area contributed by atoms with Gasteiger partial charge in [-0.2, -0.15) is 0 Å². The minimum atomic E-state index is -0.365. The van der Waals surface area contributed by atoms with E-state index in [1.807, 2.05) is 24.3 Å². The molecule has 2 aromatic rings. The number of para-hydroxylation sites is 1. The fourth-order valence-corrected chi connectivity index (χ4v) is 4.45. The van der Waals surface area contributed by atoms with Gasteiger partial charge >= 0.3 is 0 Å². The van der Waals surface area contributed by atoms with Crippen LogP contribution in [0.5, 0.6) is 0 Å². The first-order valence-corrected chi connectivity index (χ1v) is 11.0. The molecule has 0 unspecified atom stereocenters. The first-order valence-electron chi connectivity index (χ1n) is 10.1. The fraction of sp³-hybridized carbons (Fsp3) is 0.524. The Morgan fingerprint density at radius 1 is 1.30 bits per heavy atom. The summed E-state index contributed by atoms with van der Waals surface area (Å²) in [7, 11) is 3.29. The van der Waals surface area contributed by atoms with Crippen molar-refractivity contribution in [1.82, 2.24) is 20.5 Å². The van der Waals surface area contributed by atoms with E-state index < -0.39 is 0 Å². The van der Waals surface area contributed by atoms with Gasteiger partial charge in [0.05, 0.1) is 16.8 Å². The van der Waals surface area contributed by atoms with E-state index in [0.29, 0.717) is 37.5 Å². The van der Waals surface area contributed by atoms with Crippen LogP contribution < -0.4 is 10.6 Å². The molecule has 0 bridgehead atoms. The number of thiazole rings is 1. The Hall–Kier alpha value is -2.52. The molecule has 0 saturated carbocycles. The Bertz CT molecular complexity index is 867. The second-order valence-corrected chi connectivity index (χ2v) is 8.58. The van der Waals surface area contributed by atoms with Crippen molar-refractivity contribution < 1.29 is 19.1 Å². The SMILES string of the molecule is COCCNC(=O)[C@@H]1CCC[C@@H](NC(=O)c2nc3ccccc3s2)CN(C)C(=O)C1. The molecule has 2 N–H and O–H groups in total. The molecule has 1 saturated heterocycles. The zero-order valence-corrected chi connectivity index (χ0v) is 18.2. The molecule has 2 heterocycles. The summed E-state index contributed by atoms with van der Waals surface area (Å²) in [5, 5.41) is 6.27. The summed E-state index contributed by atoms with van der Waals surface area (Å²) in [6.45, 7) is 1.27. The number of benzene rings is 1. The molecule has 0 radical (unpaired) electrons. The van der Waals surface area contributed by atoms with Gasteiger partial charge in [0.2, 0.25) is 11.8 Å². The third-order valence-electron chi connectivity index (χ3n) is 5.25. The first-order chi connectivity index (χ1) is 14.5. The Balaban J connectivity index is 1.62. The van der Waals surface area contributed by atoms with Gasteiger partial charge in [-0.3, -0.25) is 14.4 Å². The van der Waals surface area contributed by atoms with Gasteiger partial charge in [0.1, 0.15) is 0 Å². The van der Waals surface area contributed by atoms with Gasteiger partial charge in [-0.05, 0) is 25.0 Å². The van der Waals surface area contributed by atoms with Crippen LogP contribution >= 0.6 is 11.3 Å². The van der Waals surface area contributed by atoms with Crippen LogP contribution in [0.4, 0.5) is 0 Å². The molecule has 3 rings (SSSR count). The lowest BCUT2D eigenvalue weighted by Crippen LogP contribution is -2.44. The molecule has 9 heteroatoms. The number of rotatable bonds is 6. The summed E-state index contributed by atoms with van der Waals surface area (Å²) in [5.74, 6) is -0.806. The van der Waals surface area contributed by atoms with Gasteiger partial charge in [0.25, 0.3) is 5.91 Å². The lowest BCUT2D eigenvalue weighted by Gasteiger charge is -2.24. The molecule has 0 spiro atoms. The van der Waals surface area contributed by atoms with E-state index in [2.05, 4.69) is 15.6 Å². The quantitative estimate of drug-likeness (QED) is 0.678. The number of likely N-dealkylation sites (N-methyl/N-ethyl adjacent to an activating group) is 1. The number of hydrogen-bond donors (Lipinski definition) is 2. The van der Waals surface area contributed by atoms with Crippen molar-refractivity contribution in [2.75, 3.05) is 33.9 Å². The summed E-state index contributed by atoms with van der Waals surface area (Å²) < 4.78 is 5.92. The van der Waals surface area contributed by atoms with Crippen LogP contribution in [0.25, 0.3) is 10.2 Å². The highest BCUT2D eigenvalue weighted by Crippen LogP contribution is 2.22. The number of carbonyl (C=O) groups is 3. The fourth-order valence-electron chi connectivity index (χ4n) is 3.58. The Morgan fingerprint density at radius 2 is 2.10 bits per heavy atom. The number of carbonyl (C=O) groups excluding carboxylic acids is 3. The summed E-state index contributed by atoms with van der Waals surface area (Å²) in [6, 6.07) is 7.45. The molecule has 1 aliphatic heterocycles. The number of nitrogens with one attached hydrogen (secondary N) is 2.